The fourth-order valence-electron chi connectivity index (χ4n) is 2.66. The Kier molecular flexibility index (Phi) is 5.26. The number of hydrogen-bond acceptors (Lipinski definition) is 4. The molecule has 1 aliphatic rings. The van der Waals surface area contributed by atoms with Crippen LogP contribution >= 0.6 is 0 Å². The highest BCUT2D eigenvalue weighted by molar-refractivity contribution is 7.88. The van der Waals surface area contributed by atoms with E-state index in [9.17, 15) is 16.8 Å². The van der Waals surface area contributed by atoms with E-state index in [-0.39, 0.29) is 11.8 Å². The van der Waals surface area contributed by atoms with Crippen LogP contribution in [0.15, 0.2) is 24.3 Å². The molecule has 6 nitrogen and oxygen atoms in total. The first-order chi connectivity index (χ1) is 10.2. The van der Waals surface area contributed by atoms with Gasteiger partial charge in [-0.1, -0.05) is 29.8 Å². The van der Waals surface area contributed by atoms with Gasteiger partial charge in [0.05, 0.1) is 12.0 Å². The zero-order valence-electron chi connectivity index (χ0n) is 12.8. The van der Waals surface area contributed by atoms with E-state index in [0.717, 1.165) is 17.4 Å². The van der Waals surface area contributed by atoms with Crippen LogP contribution in [0.5, 0.6) is 0 Å². The Labute approximate surface area is 132 Å². The maximum Gasteiger partial charge on any atom is 0.218 e. The quantitative estimate of drug-likeness (QED) is 0.856. The second kappa shape index (κ2) is 6.66. The maximum atomic E-state index is 12.4. The highest BCUT2D eigenvalue weighted by Gasteiger charge is 2.29. The van der Waals surface area contributed by atoms with Gasteiger partial charge in [0.15, 0.2) is 0 Å². The minimum absolute atomic E-state index is 0.0150. The molecule has 0 spiro atoms. The lowest BCUT2D eigenvalue weighted by Gasteiger charge is -2.31. The minimum Gasteiger partial charge on any atom is -0.213 e. The summed E-state index contributed by atoms with van der Waals surface area (Å²) in [5.74, 6) is -0.0150. The van der Waals surface area contributed by atoms with Crippen molar-refractivity contribution in [2.75, 3.05) is 19.3 Å². The van der Waals surface area contributed by atoms with Gasteiger partial charge in [0.25, 0.3) is 0 Å². The summed E-state index contributed by atoms with van der Waals surface area (Å²) < 4.78 is 51.3. The molecule has 1 aromatic rings. The van der Waals surface area contributed by atoms with Gasteiger partial charge >= 0.3 is 0 Å². The summed E-state index contributed by atoms with van der Waals surface area (Å²) >= 11 is 0. The molecule has 1 saturated heterocycles. The van der Waals surface area contributed by atoms with E-state index in [1.54, 1.807) is 0 Å². The number of aryl methyl sites for hydroxylation is 1. The van der Waals surface area contributed by atoms with Crippen LogP contribution in [0.2, 0.25) is 0 Å². The fourth-order valence-corrected chi connectivity index (χ4v) is 5.05. The van der Waals surface area contributed by atoms with E-state index in [1.807, 2.05) is 31.2 Å². The normalized spacial score (nSPS) is 18.5. The van der Waals surface area contributed by atoms with Crippen molar-refractivity contribution in [3.05, 3.63) is 35.4 Å². The summed E-state index contributed by atoms with van der Waals surface area (Å²) in [6.07, 6.45) is 2.12. The number of nitrogens with one attached hydrogen (secondary N) is 1. The molecular weight excluding hydrogens is 324 g/mol. The molecule has 1 fully saturated rings. The smallest absolute Gasteiger partial charge is 0.213 e. The average molecular weight is 346 g/mol. The van der Waals surface area contributed by atoms with Gasteiger partial charge in [-0.05, 0) is 25.3 Å². The van der Waals surface area contributed by atoms with Crippen LogP contribution < -0.4 is 4.72 Å². The molecule has 124 valence electrons. The van der Waals surface area contributed by atoms with Gasteiger partial charge in [-0.15, -0.1) is 0 Å². The van der Waals surface area contributed by atoms with Gasteiger partial charge in [0, 0.05) is 19.1 Å². The van der Waals surface area contributed by atoms with Gasteiger partial charge in [-0.25, -0.2) is 25.9 Å². The number of sulfonamides is 2. The van der Waals surface area contributed by atoms with Crippen molar-refractivity contribution in [2.45, 2.75) is 31.6 Å². The Morgan fingerprint density at radius 2 is 1.82 bits per heavy atom. The molecule has 1 aromatic carbocycles. The van der Waals surface area contributed by atoms with Gasteiger partial charge in [-0.2, -0.15) is 0 Å². The monoisotopic (exact) mass is 346 g/mol. The van der Waals surface area contributed by atoms with Crippen molar-refractivity contribution in [2.24, 2.45) is 0 Å². The summed E-state index contributed by atoms with van der Waals surface area (Å²) in [5, 5.41) is 0. The molecule has 22 heavy (non-hydrogen) atoms. The predicted octanol–water partition coefficient (Wildman–Crippen LogP) is 0.838. The predicted molar refractivity (Wildman–Crippen MR) is 86.4 cm³/mol. The van der Waals surface area contributed by atoms with Gasteiger partial charge in [-0.3, -0.25) is 0 Å². The minimum atomic E-state index is -3.36. The Hall–Kier alpha value is -0.960. The van der Waals surface area contributed by atoms with Crippen LogP contribution in [-0.2, 0) is 25.8 Å². The number of benzene rings is 1. The summed E-state index contributed by atoms with van der Waals surface area (Å²) in [6, 6.07) is 7.28. The Morgan fingerprint density at radius 3 is 2.36 bits per heavy atom. The topological polar surface area (TPSA) is 83.6 Å². The number of nitrogens with zero attached hydrogens (tertiary/aromatic N) is 1. The molecule has 0 aromatic heterocycles. The lowest BCUT2D eigenvalue weighted by molar-refractivity contribution is 0.308. The lowest BCUT2D eigenvalue weighted by Crippen LogP contribution is -2.46. The van der Waals surface area contributed by atoms with Crippen LogP contribution in [0, 0.1) is 6.92 Å². The fraction of sp³-hybridized carbons (Fsp3) is 0.571. The van der Waals surface area contributed by atoms with Crippen molar-refractivity contribution >= 4 is 20.0 Å². The summed E-state index contributed by atoms with van der Waals surface area (Å²) in [4.78, 5) is 0. The molecule has 0 radical (unpaired) electrons. The first kappa shape index (κ1) is 17.4. The van der Waals surface area contributed by atoms with Gasteiger partial charge < -0.3 is 0 Å². The van der Waals surface area contributed by atoms with Crippen LogP contribution in [0.1, 0.15) is 24.0 Å². The van der Waals surface area contributed by atoms with Gasteiger partial charge in [0.1, 0.15) is 0 Å². The van der Waals surface area contributed by atoms with Crippen molar-refractivity contribution in [3.63, 3.8) is 0 Å². The van der Waals surface area contributed by atoms with E-state index in [4.69, 9.17) is 0 Å². The molecule has 0 aliphatic carbocycles. The molecule has 1 aliphatic heterocycles. The van der Waals surface area contributed by atoms with E-state index in [0.29, 0.717) is 25.9 Å². The van der Waals surface area contributed by atoms with E-state index < -0.39 is 20.0 Å². The van der Waals surface area contributed by atoms with E-state index in [2.05, 4.69) is 4.72 Å². The SMILES string of the molecule is Cc1cccc(CS(=O)(=O)N2CCC(NS(C)(=O)=O)CC2)c1. The second-order valence-electron chi connectivity index (χ2n) is 5.81. The average Bonchev–Trinajstić information content (AvgIpc) is 2.36. The molecule has 2 rings (SSSR count). The molecule has 0 amide bonds. The first-order valence-corrected chi connectivity index (χ1v) is 10.7. The van der Waals surface area contributed by atoms with Crippen molar-refractivity contribution in [3.8, 4) is 0 Å². The number of hydrogen-bond donors (Lipinski definition) is 1. The molecule has 0 bridgehead atoms. The molecule has 0 unspecified atom stereocenters. The zero-order valence-corrected chi connectivity index (χ0v) is 14.5. The molecule has 8 heteroatoms. The molecule has 0 atom stereocenters. The summed E-state index contributed by atoms with van der Waals surface area (Å²) in [7, 11) is -6.61. The first-order valence-electron chi connectivity index (χ1n) is 7.16. The van der Waals surface area contributed by atoms with Gasteiger partial charge in [0.2, 0.25) is 20.0 Å². The second-order valence-corrected chi connectivity index (χ2v) is 9.56. The number of piperidine rings is 1. The lowest BCUT2D eigenvalue weighted by atomic mass is 10.1. The van der Waals surface area contributed by atoms with Crippen molar-refractivity contribution < 1.29 is 16.8 Å². The standard InChI is InChI=1S/C14H22N2O4S2/c1-12-4-3-5-13(10-12)11-22(19,20)16-8-6-14(7-9-16)15-21(2,17)18/h3-5,10,14-15H,6-9,11H2,1-2H3. The van der Waals surface area contributed by atoms with E-state index >= 15 is 0 Å². The van der Waals surface area contributed by atoms with Crippen molar-refractivity contribution in [1.82, 2.24) is 9.03 Å². The summed E-state index contributed by atoms with van der Waals surface area (Å²) in [5.41, 5.74) is 1.81. The third kappa shape index (κ3) is 5.05. The number of rotatable bonds is 5. The Balaban J connectivity index is 1.98. The van der Waals surface area contributed by atoms with Crippen LogP contribution in [-0.4, -0.2) is 46.5 Å². The third-order valence-corrected chi connectivity index (χ3v) is 6.27. The third-order valence-electron chi connectivity index (χ3n) is 3.66. The van der Waals surface area contributed by atoms with E-state index in [1.165, 1.54) is 4.31 Å². The van der Waals surface area contributed by atoms with Crippen LogP contribution in [0.3, 0.4) is 0 Å². The largest absolute Gasteiger partial charge is 0.218 e. The molecule has 0 saturated carbocycles. The highest BCUT2D eigenvalue weighted by atomic mass is 32.2. The van der Waals surface area contributed by atoms with Crippen molar-refractivity contribution in [1.29, 1.82) is 0 Å². The Bertz CT molecular complexity index is 721. The molecular formula is C14H22N2O4S2. The highest BCUT2D eigenvalue weighted by Crippen LogP contribution is 2.18. The molecule has 1 heterocycles. The summed E-state index contributed by atoms with van der Waals surface area (Å²) in [6.45, 7) is 2.63. The van der Waals surface area contributed by atoms with Crippen LogP contribution in [0.25, 0.3) is 0 Å². The zero-order chi connectivity index (χ0) is 16.4. The maximum absolute atomic E-state index is 12.4. The van der Waals surface area contributed by atoms with Crippen LogP contribution in [0.4, 0.5) is 0 Å². The molecule has 1 N–H and O–H groups in total. The Morgan fingerprint density at radius 1 is 1.18 bits per heavy atom.